The predicted molar refractivity (Wildman–Crippen MR) is 127 cm³/mol. The fraction of sp³-hybridized carbons (Fsp3) is 0.160. The average molecular weight is 483 g/mol. The molecule has 3 aromatic carbocycles. The molecule has 0 saturated carbocycles. The number of sulfone groups is 1. The minimum absolute atomic E-state index is 0.0399. The number of nitrogens with one attached hydrogen (secondary N) is 1. The van der Waals surface area contributed by atoms with Gasteiger partial charge in [-0.2, -0.15) is 0 Å². The normalized spacial score (nSPS) is 11.4. The van der Waals surface area contributed by atoms with E-state index in [0.29, 0.717) is 28.1 Å². The van der Waals surface area contributed by atoms with Gasteiger partial charge in [0, 0.05) is 28.7 Å². The van der Waals surface area contributed by atoms with E-state index in [1.807, 2.05) is 0 Å². The monoisotopic (exact) mass is 482 g/mol. The topological polar surface area (TPSA) is 86.6 Å². The fourth-order valence-electron chi connectivity index (χ4n) is 3.75. The molecule has 0 aliphatic rings. The SMILES string of the molecule is COc1ccc(OC)c(NC(=O)Cn2cc(S(=O)(=O)Cc3ccccc3F)c3ccccc32)c1. The first-order chi connectivity index (χ1) is 16.3. The minimum atomic E-state index is -3.89. The highest BCUT2D eigenvalue weighted by molar-refractivity contribution is 7.90. The number of methoxy groups -OCH3 is 2. The molecule has 9 heteroatoms. The number of amides is 1. The molecule has 0 aliphatic heterocycles. The number of carbonyl (C=O) groups excluding carboxylic acids is 1. The molecule has 4 aromatic rings. The van der Waals surface area contributed by atoms with Gasteiger partial charge < -0.3 is 19.4 Å². The van der Waals surface area contributed by atoms with Crippen LogP contribution in [0.1, 0.15) is 5.56 Å². The summed E-state index contributed by atoms with van der Waals surface area (Å²) in [5.74, 6) is -0.448. The molecule has 0 atom stereocenters. The Labute approximate surface area is 196 Å². The highest BCUT2D eigenvalue weighted by Crippen LogP contribution is 2.30. The summed E-state index contributed by atoms with van der Waals surface area (Å²) < 4.78 is 52.6. The summed E-state index contributed by atoms with van der Waals surface area (Å²) >= 11 is 0. The van der Waals surface area contributed by atoms with Crippen molar-refractivity contribution >= 4 is 32.3 Å². The van der Waals surface area contributed by atoms with Gasteiger partial charge >= 0.3 is 0 Å². The third-order valence-corrected chi connectivity index (χ3v) is 7.07. The van der Waals surface area contributed by atoms with Gasteiger partial charge in [0.05, 0.1) is 30.6 Å². The van der Waals surface area contributed by atoms with Crippen LogP contribution in [0.3, 0.4) is 0 Å². The van der Waals surface area contributed by atoms with Gasteiger partial charge in [-0.3, -0.25) is 4.79 Å². The molecule has 176 valence electrons. The Morgan fingerprint density at radius 3 is 2.47 bits per heavy atom. The van der Waals surface area contributed by atoms with Gasteiger partial charge in [-0.1, -0.05) is 36.4 Å². The number of nitrogens with zero attached hydrogens (tertiary/aromatic N) is 1. The third kappa shape index (κ3) is 4.74. The van der Waals surface area contributed by atoms with Gasteiger partial charge in [0.15, 0.2) is 9.84 Å². The second-order valence-corrected chi connectivity index (χ2v) is 9.56. The number of fused-ring (bicyclic) bond motifs is 1. The lowest BCUT2D eigenvalue weighted by atomic mass is 10.2. The first-order valence-corrected chi connectivity index (χ1v) is 12.0. The Bertz CT molecular complexity index is 1460. The van der Waals surface area contributed by atoms with E-state index < -0.39 is 21.4 Å². The molecule has 0 radical (unpaired) electrons. The van der Waals surface area contributed by atoms with Crippen molar-refractivity contribution in [1.29, 1.82) is 0 Å². The number of hydrogen-bond acceptors (Lipinski definition) is 5. The molecule has 0 unspecified atom stereocenters. The van der Waals surface area contributed by atoms with E-state index >= 15 is 0 Å². The van der Waals surface area contributed by atoms with Gasteiger partial charge in [0.25, 0.3) is 0 Å². The van der Waals surface area contributed by atoms with E-state index in [9.17, 15) is 17.6 Å². The summed E-state index contributed by atoms with van der Waals surface area (Å²) in [5.41, 5.74) is 1.08. The molecule has 0 bridgehead atoms. The van der Waals surface area contributed by atoms with E-state index in [4.69, 9.17) is 9.47 Å². The van der Waals surface area contributed by atoms with E-state index in [-0.39, 0.29) is 22.9 Å². The van der Waals surface area contributed by atoms with Gasteiger partial charge in [-0.15, -0.1) is 0 Å². The van der Waals surface area contributed by atoms with Crippen LogP contribution in [0.2, 0.25) is 0 Å². The standard InChI is InChI=1S/C25H23FN2O5S/c1-32-18-11-12-23(33-2)21(13-18)27-25(29)15-28-14-24(19-8-4-6-10-22(19)28)34(30,31)16-17-7-3-5-9-20(17)26/h3-14H,15-16H2,1-2H3,(H,27,29). The van der Waals surface area contributed by atoms with Crippen molar-refractivity contribution in [3.8, 4) is 11.5 Å². The van der Waals surface area contributed by atoms with Crippen LogP contribution in [0, 0.1) is 5.82 Å². The second kappa shape index (κ2) is 9.56. The largest absolute Gasteiger partial charge is 0.497 e. The number of ether oxygens (including phenoxy) is 2. The molecule has 1 amide bonds. The maximum atomic E-state index is 14.1. The molecule has 0 fully saturated rings. The van der Waals surface area contributed by atoms with Crippen molar-refractivity contribution < 1.29 is 27.1 Å². The first kappa shape index (κ1) is 23.3. The van der Waals surface area contributed by atoms with E-state index in [0.717, 1.165) is 0 Å². The van der Waals surface area contributed by atoms with E-state index in [2.05, 4.69) is 5.32 Å². The van der Waals surface area contributed by atoms with Crippen LogP contribution in [0.15, 0.2) is 77.8 Å². The zero-order valence-corrected chi connectivity index (χ0v) is 19.4. The molecule has 4 rings (SSSR count). The summed E-state index contributed by atoms with van der Waals surface area (Å²) in [6.07, 6.45) is 1.42. The zero-order chi connectivity index (χ0) is 24.3. The van der Waals surface area contributed by atoms with Gasteiger partial charge in [-0.05, 0) is 24.3 Å². The lowest BCUT2D eigenvalue weighted by molar-refractivity contribution is -0.116. The number of rotatable bonds is 8. The second-order valence-electron chi connectivity index (χ2n) is 7.60. The Kier molecular flexibility index (Phi) is 6.56. The molecular formula is C25H23FN2O5S. The van der Waals surface area contributed by atoms with Crippen LogP contribution in [0.5, 0.6) is 11.5 Å². The van der Waals surface area contributed by atoms with Crippen LogP contribution in [-0.2, 0) is 26.9 Å². The molecule has 1 heterocycles. The quantitative estimate of drug-likeness (QED) is 0.402. The van der Waals surface area contributed by atoms with Gasteiger partial charge in [0.1, 0.15) is 23.9 Å². The molecule has 1 aromatic heterocycles. The van der Waals surface area contributed by atoms with Crippen LogP contribution in [-0.4, -0.2) is 33.1 Å². The van der Waals surface area contributed by atoms with Crippen LogP contribution in [0.25, 0.3) is 10.9 Å². The molecule has 34 heavy (non-hydrogen) atoms. The van der Waals surface area contributed by atoms with Gasteiger partial charge in [0.2, 0.25) is 5.91 Å². The minimum Gasteiger partial charge on any atom is -0.497 e. The van der Waals surface area contributed by atoms with Crippen LogP contribution >= 0.6 is 0 Å². The highest BCUT2D eigenvalue weighted by atomic mass is 32.2. The summed E-state index contributed by atoms with van der Waals surface area (Å²) in [5, 5.41) is 3.24. The molecule has 7 nitrogen and oxygen atoms in total. The first-order valence-electron chi connectivity index (χ1n) is 10.4. The predicted octanol–water partition coefficient (Wildman–Crippen LogP) is 4.41. The van der Waals surface area contributed by atoms with Crippen molar-refractivity contribution in [1.82, 2.24) is 4.57 Å². The number of anilines is 1. The molecule has 0 aliphatic carbocycles. The third-order valence-electron chi connectivity index (χ3n) is 5.39. The van der Waals surface area contributed by atoms with Crippen molar-refractivity contribution in [2.45, 2.75) is 17.2 Å². The van der Waals surface area contributed by atoms with Crippen molar-refractivity contribution in [2.24, 2.45) is 0 Å². The zero-order valence-electron chi connectivity index (χ0n) is 18.6. The average Bonchev–Trinajstić information content (AvgIpc) is 3.19. The number of hydrogen-bond donors (Lipinski definition) is 1. The van der Waals surface area contributed by atoms with Crippen LogP contribution < -0.4 is 14.8 Å². The Morgan fingerprint density at radius 1 is 1.00 bits per heavy atom. The van der Waals surface area contributed by atoms with E-state index in [1.165, 1.54) is 38.6 Å². The summed E-state index contributed by atoms with van der Waals surface area (Å²) in [4.78, 5) is 12.9. The summed E-state index contributed by atoms with van der Waals surface area (Å²) in [7, 11) is -0.879. The Hall–Kier alpha value is -3.85. The molecule has 0 saturated heterocycles. The summed E-state index contributed by atoms with van der Waals surface area (Å²) in [6, 6.07) is 17.7. The maximum Gasteiger partial charge on any atom is 0.244 e. The molecular weight excluding hydrogens is 459 g/mol. The smallest absolute Gasteiger partial charge is 0.244 e. The summed E-state index contributed by atoms with van der Waals surface area (Å²) in [6.45, 7) is -0.143. The fourth-order valence-corrected chi connectivity index (χ4v) is 5.34. The lowest BCUT2D eigenvalue weighted by Gasteiger charge is -2.12. The van der Waals surface area contributed by atoms with Crippen LogP contribution in [0.4, 0.5) is 10.1 Å². The van der Waals surface area contributed by atoms with Crippen molar-refractivity contribution in [2.75, 3.05) is 19.5 Å². The number of halogens is 1. The lowest BCUT2D eigenvalue weighted by Crippen LogP contribution is -2.18. The maximum absolute atomic E-state index is 14.1. The molecule has 0 spiro atoms. The Balaban J connectivity index is 1.65. The molecule has 1 N–H and O–H groups in total. The number of carbonyl (C=O) groups is 1. The van der Waals surface area contributed by atoms with Gasteiger partial charge in [-0.25, -0.2) is 12.8 Å². The van der Waals surface area contributed by atoms with Crippen molar-refractivity contribution in [3.05, 3.63) is 84.3 Å². The Morgan fingerprint density at radius 2 is 1.74 bits per heavy atom. The number of benzene rings is 3. The van der Waals surface area contributed by atoms with E-state index in [1.54, 1.807) is 53.1 Å². The number of para-hydroxylation sites is 1. The number of aromatic nitrogens is 1. The highest BCUT2D eigenvalue weighted by Gasteiger charge is 2.23. The van der Waals surface area contributed by atoms with Crippen molar-refractivity contribution in [3.63, 3.8) is 0 Å².